The molecule has 0 aliphatic heterocycles. The van der Waals surface area contributed by atoms with Crippen LogP contribution < -0.4 is 4.90 Å². The van der Waals surface area contributed by atoms with Gasteiger partial charge >= 0.3 is 0 Å². The Kier molecular flexibility index (Phi) is 4.50. The first-order valence-corrected chi connectivity index (χ1v) is 5.43. The number of nitrogens with zero attached hydrogens (tertiary/aromatic N) is 1. The van der Waals surface area contributed by atoms with E-state index >= 15 is 0 Å². The van der Waals surface area contributed by atoms with Crippen molar-refractivity contribution in [3.63, 3.8) is 0 Å². The number of benzene rings is 1. The number of anilines is 1. The van der Waals surface area contributed by atoms with Crippen LogP contribution in [0.5, 0.6) is 0 Å². The van der Waals surface area contributed by atoms with Crippen molar-refractivity contribution in [1.82, 2.24) is 0 Å². The second-order valence-corrected chi connectivity index (χ2v) is 3.71. The van der Waals surface area contributed by atoms with Crippen molar-refractivity contribution in [2.45, 2.75) is 20.0 Å². The zero-order chi connectivity index (χ0) is 12.1. The molecular weight excluding hydrogens is 205 g/mol. The Hall–Kier alpha value is -1.35. The third-order valence-electron chi connectivity index (χ3n) is 2.53. The van der Waals surface area contributed by atoms with Gasteiger partial charge in [-0.05, 0) is 31.5 Å². The molecule has 0 aliphatic carbocycles. The van der Waals surface area contributed by atoms with Gasteiger partial charge in [-0.2, -0.15) is 0 Å². The van der Waals surface area contributed by atoms with E-state index in [4.69, 9.17) is 0 Å². The van der Waals surface area contributed by atoms with Crippen molar-refractivity contribution in [3.05, 3.63) is 42.2 Å². The van der Waals surface area contributed by atoms with Crippen LogP contribution in [-0.4, -0.2) is 18.2 Å². The highest BCUT2D eigenvalue weighted by Crippen LogP contribution is 2.23. The highest BCUT2D eigenvalue weighted by molar-refractivity contribution is 5.49. The van der Waals surface area contributed by atoms with Crippen molar-refractivity contribution in [2.75, 3.05) is 18.0 Å². The summed E-state index contributed by atoms with van der Waals surface area (Å²) < 4.78 is 13.8. The Labute approximate surface area is 96.0 Å². The molecule has 0 saturated heterocycles. The van der Waals surface area contributed by atoms with Gasteiger partial charge < -0.3 is 10.0 Å². The molecule has 0 radical (unpaired) electrons. The van der Waals surface area contributed by atoms with Gasteiger partial charge in [0.1, 0.15) is 5.82 Å². The van der Waals surface area contributed by atoms with Crippen molar-refractivity contribution < 1.29 is 9.50 Å². The number of hydrogen-bond donors (Lipinski definition) is 1. The van der Waals surface area contributed by atoms with Gasteiger partial charge in [0, 0.05) is 13.1 Å². The maximum atomic E-state index is 13.8. The maximum absolute atomic E-state index is 13.8. The van der Waals surface area contributed by atoms with Crippen LogP contribution in [0.25, 0.3) is 0 Å². The monoisotopic (exact) mass is 223 g/mol. The quantitative estimate of drug-likeness (QED) is 0.776. The second kappa shape index (κ2) is 5.66. The largest absolute Gasteiger partial charge is 0.389 e. The lowest BCUT2D eigenvalue weighted by atomic mass is 10.1. The van der Waals surface area contributed by atoms with E-state index in [1.807, 2.05) is 11.8 Å². The molecule has 1 aromatic carbocycles. The van der Waals surface area contributed by atoms with Crippen molar-refractivity contribution in [1.29, 1.82) is 0 Å². The molecule has 0 saturated carbocycles. The Morgan fingerprint density at radius 3 is 2.69 bits per heavy atom. The second-order valence-electron chi connectivity index (χ2n) is 3.71. The zero-order valence-electron chi connectivity index (χ0n) is 9.78. The summed E-state index contributed by atoms with van der Waals surface area (Å²) >= 11 is 0. The SMILES string of the molecule is C=CCN(CC)c1ccc([C@@H](C)O)cc1F. The summed E-state index contributed by atoms with van der Waals surface area (Å²) in [4.78, 5) is 1.88. The number of halogens is 1. The number of likely N-dealkylation sites (N-methyl/N-ethyl adjacent to an activating group) is 1. The summed E-state index contributed by atoms with van der Waals surface area (Å²) in [5, 5.41) is 9.34. The molecule has 0 amide bonds. The van der Waals surface area contributed by atoms with Gasteiger partial charge in [-0.15, -0.1) is 6.58 Å². The van der Waals surface area contributed by atoms with E-state index in [1.54, 1.807) is 25.1 Å². The lowest BCUT2D eigenvalue weighted by molar-refractivity contribution is 0.199. The fourth-order valence-corrected chi connectivity index (χ4v) is 1.59. The lowest BCUT2D eigenvalue weighted by Gasteiger charge is -2.22. The summed E-state index contributed by atoms with van der Waals surface area (Å²) in [6.45, 7) is 8.56. The highest BCUT2D eigenvalue weighted by Gasteiger charge is 2.11. The normalized spacial score (nSPS) is 12.2. The molecule has 3 heteroatoms. The molecular formula is C13H18FNO. The van der Waals surface area contributed by atoms with E-state index < -0.39 is 6.10 Å². The molecule has 1 atom stereocenters. The number of aliphatic hydroxyl groups excluding tert-OH is 1. The Bertz CT molecular complexity index is 363. The van der Waals surface area contributed by atoms with Crippen LogP contribution in [-0.2, 0) is 0 Å². The van der Waals surface area contributed by atoms with Crippen LogP contribution in [0.1, 0.15) is 25.5 Å². The summed E-state index contributed by atoms with van der Waals surface area (Å²) in [7, 11) is 0. The van der Waals surface area contributed by atoms with Gasteiger partial charge in [0.05, 0.1) is 11.8 Å². The van der Waals surface area contributed by atoms with E-state index in [0.29, 0.717) is 17.8 Å². The number of hydrogen-bond acceptors (Lipinski definition) is 2. The predicted octanol–water partition coefficient (Wildman–Crippen LogP) is 2.89. The van der Waals surface area contributed by atoms with Gasteiger partial charge in [-0.1, -0.05) is 12.1 Å². The van der Waals surface area contributed by atoms with Crippen molar-refractivity contribution >= 4 is 5.69 Å². The van der Waals surface area contributed by atoms with Gasteiger partial charge in [-0.25, -0.2) is 4.39 Å². The summed E-state index contributed by atoms with van der Waals surface area (Å²) in [6, 6.07) is 4.82. The average Bonchev–Trinajstić information content (AvgIpc) is 2.26. The van der Waals surface area contributed by atoms with Gasteiger partial charge in [0.15, 0.2) is 0 Å². The third kappa shape index (κ3) is 2.83. The van der Waals surface area contributed by atoms with Gasteiger partial charge in [-0.3, -0.25) is 0 Å². The average molecular weight is 223 g/mol. The first kappa shape index (κ1) is 12.7. The minimum Gasteiger partial charge on any atom is -0.389 e. The van der Waals surface area contributed by atoms with Crippen molar-refractivity contribution in [2.24, 2.45) is 0 Å². The standard InChI is InChI=1S/C13H18FNO/c1-4-8-15(5-2)13-7-6-11(10(3)16)9-12(13)14/h4,6-7,9-10,16H,1,5,8H2,2-3H3/t10-/m1/s1. The minimum atomic E-state index is -0.641. The topological polar surface area (TPSA) is 23.5 Å². The molecule has 0 spiro atoms. The number of rotatable bonds is 5. The molecule has 1 aromatic rings. The molecule has 2 nitrogen and oxygen atoms in total. The number of aliphatic hydroxyl groups is 1. The lowest BCUT2D eigenvalue weighted by Crippen LogP contribution is -2.23. The van der Waals surface area contributed by atoms with E-state index in [-0.39, 0.29) is 5.82 Å². The maximum Gasteiger partial charge on any atom is 0.146 e. The Morgan fingerprint density at radius 1 is 1.56 bits per heavy atom. The van der Waals surface area contributed by atoms with Crippen molar-refractivity contribution in [3.8, 4) is 0 Å². The van der Waals surface area contributed by atoms with E-state index in [1.165, 1.54) is 6.07 Å². The minimum absolute atomic E-state index is 0.304. The van der Waals surface area contributed by atoms with Gasteiger partial charge in [0.25, 0.3) is 0 Å². The molecule has 16 heavy (non-hydrogen) atoms. The summed E-state index contributed by atoms with van der Waals surface area (Å²) in [5.41, 5.74) is 1.14. The van der Waals surface area contributed by atoms with E-state index in [2.05, 4.69) is 6.58 Å². The van der Waals surface area contributed by atoms with Gasteiger partial charge in [0.2, 0.25) is 0 Å². The Morgan fingerprint density at radius 2 is 2.25 bits per heavy atom. The van der Waals surface area contributed by atoms with Crippen LogP contribution in [0.4, 0.5) is 10.1 Å². The molecule has 0 bridgehead atoms. The fraction of sp³-hybridized carbons (Fsp3) is 0.385. The van der Waals surface area contributed by atoms with E-state index in [9.17, 15) is 9.50 Å². The first-order chi connectivity index (χ1) is 7.60. The van der Waals surface area contributed by atoms with Crippen LogP contribution in [0.3, 0.4) is 0 Å². The van der Waals surface area contributed by atoms with Crippen LogP contribution in [0.2, 0.25) is 0 Å². The predicted molar refractivity (Wildman–Crippen MR) is 65.1 cm³/mol. The molecule has 88 valence electrons. The van der Waals surface area contributed by atoms with Crippen LogP contribution >= 0.6 is 0 Å². The van der Waals surface area contributed by atoms with E-state index in [0.717, 1.165) is 6.54 Å². The van der Waals surface area contributed by atoms with Crippen LogP contribution in [0, 0.1) is 5.82 Å². The molecule has 0 unspecified atom stereocenters. The molecule has 0 heterocycles. The first-order valence-electron chi connectivity index (χ1n) is 5.43. The van der Waals surface area contributed by atoms with Crippen LogP contribution in [0.15, 0.2) is 30.9 Å². The Balaban J connectivity index is 3.01. The smallest absolute Gasteiger partial charge is 0.146 e. The zero-order valence-corrected chi connectivity index (χ0v) is 9.78. The molecule has 1 rings (SSSR count). The molecule has 0 aliphatic rings. The highest BCUT2D eigenvalue weighted by atomic mass is 19.1. The third-order valence-corrected chi connectivity index (χ3v) is 2.53. The fourth-order valence-electron chi connectivity index (χ4n) is 1.59. The molecule has 1 N–H and O–H groups in total. The molecule has 0 fully saturated rings. The molecule has 0 aromatic heterocycles. The summed E-state index contributed by atoms with van der Waals surface area (Å²) in [5.74, 6) is -0.304. The summed E-state index contributed by atoms with van der Waals surface area (Å²) in [6.07, 6.45) is 1.10.